The highest BCUT2D eigenvalue weighted by atomic mass is 79.9. The molecule has 2 aromatic rings. The predicted molar refractivity (Wildman–Crippen MR) is 122 cm³/mol. The molecule has 156 valence electrons. The van der Waals surface area contributed by atoms with Crippen LogP contribution in [0.2, 0.25) is 0 Å². The Kier molecular flexibility index (Phi) is 6.49. The van der Waals surface area contributed by atoms with E-state index in [1.54, 1.807) is 23.1 Å². The Bertz CT molecular complexity index is 987. The number of rotatable bonds is 5. The Morgan fingerprint density at radius 2 is 1.90 bits per heavy atom. The number of benzene rings is 2. The molecule has 1 saturated heterocycles. The molecule has 1 saturated carbocycles. The van der Waals surface area contributed by atoms with Gasteiger partial charge in [0.2, 0.25) is 0 Å². The number of carbonyl (C=O) groups is 1. The molecule has 0 bridgehead atoms. The fourth-order valence-corrected chi connectivity index (χ4v) is 4.60. The van der Waals surface area contributed by atoms with E-state index in [-0.39, 0.29) is 17.8 Å². The number of hydrogen-bond donors (Lipinski definition) is 1. The van der Waals surface area contributed by atoms with Gasteiger partial charge in [-0.15, -0.1) is 0 Å². The fourth-order valence-electron chi connectivity index (χ4n) is 3.88. The summed E-state index contributed by atoms with van der Waals surface area (Å²) in [6.45, 7) is 0.298. The average molecular weight is 489 g/mol. The van der Waals surface area contributed by atoms with Gasteiger partial charge < -0.3 is 10.1 Å². The van der Waals surface area contributed by atoms with Crippen molar-refractivity contribution in [2.24, 2.45) is 0 Å². The second-order valence-electron chi connectivity index (χ2n) is 7.55. The van der Waals surface area contributed by atoms with Crippen molar-refractivity contribution in [3.63, 3.8) is 0 Å². The van der Waals surface area contributed by atoms with Gasteiger partial charge in [0.05, 0.1) is 0 Å². The number of hydrogen-bond acceptors (Lipinski definition) is 3. The number of thiocarbonyl (C=S) groups is 1. The van der Waals surface area contributed by atoms with Crippen molar-refractivity contribution >= 4 is 45.2 Å². The molecular formula is C23H22BrFN2O2S. The highest BCUT2D eigenvalue weighted by Gasteiger charge is 2.36. The summed E-state index contributed by atoms with van der Waals surface area (Å²) < 4.78 is 19.9. The topological polar surface area (TPSA) is 41.6 Å². The molecule has 1 aliphatic heterocycles. The van der Waals surface area contributed by atoms with Crippen LogP contribution in [-0.2, 0) is 11.4 Å². The summed E-state index contributed by atoms with van der Waals surface area (Å²) in [5.74, 6) is 0.264. The molecule has 2 fully saturated rings. The minimum Gasteiger partial charge on any atom is -0.488 e. The smallest absolute Gasteiger partial charge is 0.276 e. The van der Waals surface area contributed by atoms with Gasteiger partial charge in [0.1, 0.15) is 23.9 Å². The molecule has 2 aromatic carbocycles. The van der Waals surface area contributed by atoms with Crippen LogP contribution in [0.5, 0.6) is 5.75 Å². The SMILES string of the molecule is O=C1/C(=C/c2cc(Br)ccc2OCc2ccc(F)cc2)NC(=S)N1C1CCCCC1. The van der Waals surface area contributed by atoms with Crippen molar-refractivity contribution in [2.45, 2.75) is 44.8 Å². The minimum atomic E-state index is -0.280. The third kappa shape index (κ3) is 4.73. The largest absolute Gasteiger partial charge is 0.488 e. The van der Waals surface area contributed by atoms with Gasteiger partial charge >= 0.3 is 0 Å². The van der Waals surface area contributed by atoms with Crippen molar-refractivity contribution in [1.82, 2.24) is 10.2 Å². The summed E-state index contributed by atoms with van der Waals surface area (Å²) in [5.41, 5.74) is 2.07. The highest BCUT2D eigenvalue weighted by Crippen LogP contribution is 2.30. The third-order valence-electron chi connectivity index (χ3n) is 5.43. The summed E-state index contributed by atoms with van der Waals surface area (Å²) in [4.78, 5) is 14.8. The van der Waals surface area contributed by atoms with Gasteiger partial charge in [-0.1, -0.05) is 47.3 Å². The zero-order valence-corrected chi connectivity index (χ0v) is 18.8. The zero-order chi connectivity index (χ0) is 21.1. The molecule has 4 nitrogen and oxygen atoms in total. The van der Waals surface area contributed by atoms with E-state index in [0.717, 1.165) is 41.3 Å². The van der Waals surface area contributed by atoms with Crippen molar-refractivity contribution in [3.8, 4) is 5.75 Å². The summed E-state index contributed by atoms with van der Waals surface area (Å²) in [6, 6.07) is 12.0. The first kappa shape index (κ1) is 21.0. The quantitative estimate of drug-likeness (QED) is 0.441. The van der Waals surface area contributed by atoms with E-state index < -0.39 is 0 Å². The maximum Gasteiger partial charge on any atom is 0.276 e. The molecule has 2 aliphatic rings. The lowest BCUT2D eigenvalue weighted by Crippen LogP contribution is -2.41. The maximum atomic E-state index is 13.1. The monoisotopic (exact) mass is 488 g/mol. The molecule has 1 N–H and O–H groups in total. The number of amides is 1. The van der Waals surface area contributed by atoms with E-state index >= 15 is 0 Å². The van der Waals surface area contributed by atoms with Gasteiger partial charge in [0.25, 0.3) is 5.91 Å². The van der Waals surface area contributed by atoms with E-state index in [2.05, 4.69) is 21.2 Å². The molecule has 1 amide bonds. The van der Waals surface area contributed by atoms with Crippen LogP contribution in [0.3, 0.4) is 0 Å². The second kappa shape index (κ2) is 9.27. The molecule has 7 heteroatoms. The van der Waals surface area contributed by atoms with Crippen LogP contribution < -0.4 is 10.1 Å². The number of halogens is 2. The summed E-state index contributed by atoms with van der Waals surface area (Å²) in [7, 11) is 0. The standard InChI is InChI=1S/C23H22BrFN2O2S/c24-17-8-11-21(29-14-15-6-9-18(25)10-7-15)16(12-17)13-20-22(28)27(23(30)26-20)19-4-2-1-3-5-19/h6-13,19H,1-5,14H2,(H,26,30)/b20-13-. The van der Waals surface area contributed by atoms with Crippen molar-refractivity contribution in [1.29, 1.82) is 0 Å². The Balaban J connectivity index is 1.55. The van der Waals surface area contributed by atoms with E-state index in [1.807, 2.05) is 18.2 Å². The number of nitrogens with one attached hydrogen (secondary N) is 1. The van der Waals surface area contributed by atoms with Crippen LogP contribution in [0.4, 0.5) is 4.39 Å². The first-order valence-corrected chi connectivity index (χ1v) is 11.2. The van der Waals surface area contributed by atoms with Gasteiger partial charge in [-0.25, -0.2) is 4.39 Å². The molecule has 0 spiro atoms. The van der Waals surface area contributed by atoms with Gasteiger partial charge in [-0.2, -0.15) is 0 Å². The lowest BCUT2D eigenvalue weighted by molar-refractivity contribution is -0.124. The Morgan fingerprint density at radius 3 is 2.63 bits per heavy atom. The molecule has 30 heavy (non-hydrogen) atoms. The van der Waals surface area contributed by atoms with E-state index in [1.165, 1.54) is 18.6 Å². The van der Waals surface area contributed by atoms with Gasteiger partial charge in [-0.3, -0.25) is 9.69 Å². The second-order valence-corrected chi connectivity index (χ2v) is 8.85. The van der Waals surface area contributed by atoms with E-state index in [4.69, 9.17) is 17.0 Å². The minimum absolute atomic E-state index is 0.0867. The lowest BCUT2D eigenvalue weighted by Gasteiger charge is -2.29. The van der Waals surface area contributed by atoms with Crippen LogP contribution >= 0.6 is 28.1 Å². The first-order chi connectivity index (χ1) is 14.5. The van der Waals surface area contributed by atoms with Crippen LogP contribution in [0.1, 0.15) is 43.2 Å². The van der Waals surface area contributed by atoms with Crippen LogP contribution in [0.15, 0.2) is 52.6 Å². The maximum absolute atomic E-state index is 13.1. The molecule has 0 radical (unpaired) electrons. The van der Waals surface area contributed by atoms with E-state index in [9.17, 15) is 9.18 Å². The molecule has 4 rings (SSSR count). The van der Waals surface area contributed by atoms with Crippen molar-refractivity contribution in [2.75, 3.05) is 0 Å². The molecule has 0 unspecified atom stereocenters. The van der Waals surface area contributed by atoms with Gasteiger partial charge in [0, 0.05) is 16.1 Å². The van der Waals surface area contributed by atoms with Crippen molar-refractivity contribution < 1.29 is 13.9 Å². The van der Waals surface area contributed by atoms with Gasteiger partial charge in [0.15, 0.2) is 5.11 Å². The van der Waals surface area contributed by atoms with E-state index in [0.29, 0.717) is 23.2 Å². The molecular weight excluding hydrogens is 467 g/mol. The zero-order valence-electron chi connectivity index (χ0n) is 16.4. The summed E-state index contributed by atoms with van der Waals surface area (Å²) >= 11 is 8.94. The summed E-state index contributed by atoms with van der Waals surface area (Å²) in [6.07, 6.45) is 7.23. The first-order valence-electron chi connectivity index (χ1n) is 10.0. The van der Waals surface area contributed by atoms with Crippen LogP contribution in [0, 0.1) is 5.82 Å². The fraction of sp³-hybridized carbons (Fsp3) is 0.304. The number of carbonyl (C=O) groups excluding carboxylic acids is 1. The molecule has 0 atom stereocenters. The predicted octanol–water partition coefficient (Wildman–Crippen LogP) is 5.56. The van der Waals surface area contributed by atoms with Gasteiger partial charge in [-0.05, 0) is 67.0 Å². The number of nitrogens with zero attached hydrogens (tertiary/aromatic N) is 1. The Morgan fingerprint density at radius 1 is 1.17 bits per heavy atom. The summed E-state index contributed by atoms with van der Waals surface area (Å²) in [5, 5.41) is 3.56. The molecule has 0 aromatic heterocycles. The van der Waals surface area contributed by atoms with Crippen LogP contribution in [-0.4, -0.2) is 22.0 Å². The normalized spacial score (nSPS) is 18.7. The van der Waals surface area contributed by atoms with Crippen LogP contribution in [0.25, 0.3) is 6.08 Å². The highest BCUT2D eigenvalue weighted by molar-refractivity contribution is 9.10. The lowest BCUT2D eigenvalue weighted by atomic mass is 9.94. The Hall–Kier alpha value is -2.25. The molecule has 1 aliphatic carbocycles. The third-order valence-corrected chi connectivity index (χ3v) is 6.22. The van der Waals surface area contributed by atoms with Crippen molar-refractivity contribution in [3.05, 3.63) is 69.6 Å². The Labute approximate surface area is 189 Å². The molecule has 1 heterocycles. The average Bonchev–Trinajstić information content (AvgIpc) is 3.02. The number of ether oxygens (including phenoxy) is 1.